The van der Waals surface area contributed by atoms with Crippen LogP contribution in [-0.2, 0) is 13.6 Å². The van der Waals surface area contributed by atoms with E-state index in [1.54, 1.807) is 0 Å². The molecule has 1 aliphatic rings. The average Bonchev–Trinajstić information content (AvgIpc) is 3.08. The van der Waals surface area contributed by atoms with E-state index in [1.807, 2.05) is 7.05 Å². The second-order valence-corrected chi connectivity index (χ2v) is 5.04. The van der Waals surface area contributed by atoms with Crippen molar-refractivity contribution in [3.05, 3.63) is 24.0 Å². The van der Waals surface area contributed by atoms with Gasteiger partial charge < -0.3 is 15.2 Å². The molecule has 2 rings (SSSR count). The van der Waals surface area contributed by atoms with Crippen LogP contribution in [-0.4, -0.2) is 23.6 Å². The van der Waals surface area contributed by atoms with Crippen molar-refractivity contribution in [2.75, 3.05) is 13.1 Å². The molecule has 0 aliphatic heterocycles. The molecule has 100 valence electrons. The third-order valence-corrected chi connectivity index (χ3v) is 3.20. The van der Waals surface area contributed by atoms with Gasteiger partial charge in [-0.05, 0) is 30.9 Å². The maximum atomic E-state index is 4.60. The number of guanidine groups is 1. The number of hydrogen-bond donors (Lipinski definition) is 2. The summed E-state index contributed by atoms with van der Waals surface area (Å²) in [5.41, 5.74) is 1.25. The van der Waals surface area contributed by atoms with E-state index in [0.717, 1.165) is 31.5 Å². The van der Waals surface area contributed by atoms with Crippen LogP contribution in [0.1, 0.15) is 31.7 Å². The Balaban J connectivity index is 1.78. The first-order chi connectivity index (χ1) is 8.78. The molecule has 0 spiro atoms. The molecule has 1 fully saturated rings. The largest absolute Gasteiger partial charge is 0.357 e. The number of nitrogens with zero attached hydrogens (tertiary/aromatic N) is 2. The monoisotopic (exact) mass is 248 g/mol. The van der Waals surface area contributed by atoms with E-state index >= 15 is 0 Å². The highest BCUT2D eigenvalue weighted by atomic mass is 15.2. The third kappa shape index (κ3) is 4.43. The molecule has 0 radical (unpaired) electrons. The van der Waals surface area contributed by atoms with E-state index in [0.29, 0.717) is 0 Å². The summed E-state index contributed by atoms with van der Waals surface area (Å²) >= 11 is 0. The first-order valence-corrected chi connectivity index (χ1v) is 6.91. The molecule has 1 heterocycles. The summed E-state index contributed by atoms with van der Waals surface area (Å²) < 4.78 is 2.05. The molecule has 0 unspecified atom stereocenters. The van der Waals surface area contributed by atoms with Crippen molar-refractivity contribution in [3.63, 3.8) is 0 Å². The highest BCUT2D eigenvalue weighted by Gasteiger charge is 2.20. The maximum absolute atomic E-state index is 4.60. The molecule has 0 bridgehead atoms. The molecule has 0 aromatic carbocycles. The van der Waals surface area contributed by atoms with Gasteiger partial charge in [0, 0.05) is 32.5 Å². The Kier molecular flexibility index (Phi) is 4.67. The highest BCUT2D eigenvalue weighted by molar-refractivity contribution is 5.79. The van der Waals surface area contributed by atoms with Crippen LogP contribution in [0.3, 0.4) is 0 Å². The van der Waals surface area contributed by atoms with Crippen molar-refractivity contribution < 1.29 is 0 Å². The van der Waals surface area contributed by atoms with E-state index in [4.69, 9.17) is 0 Å². The second-order valence-electron chi connectivity index (χ2n) is 5.04. The second kappa shape index (κ2) is 6.47. The highest BCUT2D eigenvalue weighted by Crippen LogP contribution is 2.31. The predicted molar refractivity (Wildman–Crippen MR) is 75.6 cm³/mol. The van der Waals surface area contributed by atoms with Crippen LogP contribution < -0.4 is 10.6 Å². The SMILES string of the molecule is CCNC(=NCc1ccn(C)c1)NCCC1CC1. The summed E-state index contributed by atoms with van der Waals surface area (Å²) in [6.07, 6.45) is 8.27. The summed E-state index contributed by atoms with van der Waals surface area (Å²) in [4.78, 5) is 4.60. The maximum Gasteiger partial charge on any atom is 0.191 e. The van der Waals surface area contributed by atoms with E-state index in [2.05, 4.69) is 45.6 Å². The minimum Gasteiger partial charge on any atom is -0.357 e. The molecule has 1 aromatic heterocycles. The van der Waals surface area contributed by atoms with E-state index in [9.17, 15) is 0 Å². The minimum atomic E-state index is 0.736. The Morgan fingerprint density at radius 2 is 2.28 bits per heavy atom. The zero-order valence-electron chi connectivity index (χ0n) is 11.4. The molecule has 1 aliphatic carbocycles. The van der Waals surface area contributed by atoms with Crippen LogP contribution in [0.15, 0.2) is 23.5 Å². The lowest BCUT2D eigenvalue weighted by atomic mass is 10.3. The standard InChI is InChI=1S/C14H24N4/c1-3-15-14(16-8-6-12-4-5-12)17-10-13-7-9-18(2)11-13/h7,9,11-12H,3-6,8,10H2,1-2H3,(H2,15,16,17). The van der Waals surface area contributed by atoms with Crippen LogP contribution in [0.4, 0.5) is 0 Å². The van der Waals surface area contributed by atoms with Crippen molar-refractivity contribution in [3.8, 4) is 0 Å². The Morgan fingerprint density at radius 1 is 1.44 bits per heavy atom. The van der Waals surface area contributed by atoms with Crippen LogP contribution in [0.5, 0.6) is 0 Å². The fraction of sp³-hybridized carbons (Fsp3) is 0.643. The Morgan fingerprint density at radius 3 is 2.89 bits per heavy atom. The molecule has 4 nitrogen and oxygen atoms in total. The molecule has 4 heteroatoms. The number of aliphatic imine (C=N–C) groups is 1. The van der Waals surface area contributed by atoms with Gasteiger partial charge in [0.1, 0.15) is 0 Å². The van der Waals surface area contributed by atoms with Gasteiger partial charge in [0.25, 0.3) is 0 Å². The van der Waals surface area contributed by atoms with E-state index in [1.165, 1.54) is 24.8 Å². The lowest BCUT2D eigenvalue weighted by molar-refractivity contribution is 0.685. The van der Waals surface area contributed by atoms with Crippen molar-refractivity contribution >= 4 is 5.96 Å². The molecule has 0 atom stereocenters. The fourth-order valence-corrected chi connectivity index (χ4v) is 1.97. The van der Waals surface area contributed by atoms with Crippen LogP contribution in [0.25, 0.3) is 0 Å². The van der Waals surface area contributed by atoms with Crippen molar-refractivity contribution in [1.29, 1.82) is 0 Å². The van der Waals surface area contributed by atoms with E-state index in [-0.39, 0.29) is 0 Å². The van der Waals surface area contributed by atoms with Gasteiger partial charge in [0.2, 0.25) is 0 Å². The Hall–Kier alpha value is -1.45. The van der Waals surface area contributed by atoms with Gasteiger partial charge in [-0.3, -0.25) is 0 Å². The molecule has 18 heavy (non-hydrogen) atoms. The van der Waals surface area contributed by atoms with Crippen molar-refractivity contribution in [2.24, 2.45) is 18.0 Å². The zero-order chi connectivity index (χ0) is 12.8. The van der Waals surface area contributed by atoms with Gasteiger partial charge >= 0.3 is 0 Å². The zero-order valence-corrected chi connectivity index (χ0v) is 11.4. The van der Waals surface area contributed by atoms with Crippen molar-refractivity contribution in [1.82, 2.24) is 15.2 Å². The number of aryl methyl sites for hydroxylation is 1. The fourth-order valence-electron chi connectivity index (χ4n) is 1.97. The summed E-state index contributed by atoms with van der Waals surface area (Å²) in [7, 11) is 2.03. The molecular weight excluding hydrogens is 224 g/mol. The van der Waals surface area contributed by atoms with Crippen molar-refractivity contribution in [2.45, 2.75) is 32.7 Å². The smallest absolute Gasteiger partial charge is 0.191 e. The molecular formula is C14H24N4. The van der Waals surface area contributed by atoms with Gasteiger partial charge in [0.15, 0.2) is 5.96 Å². The molecule has 1 saturated carbocycles. The van der Waals surface area contributed by atoms with Crippen LogP contribution >= 0.6 is 0 Å². The topological polar surface area (TPSA) is 41.4 Å². The Labute approximate surface area is 109 Å². The van der Waals surface area contributed by atoms with Gasteiger partial charge in [-0.15, -0.1) is 0 Å². The predicted octanol–water partition coefficient (Wildman–Crippen LogP) is 1.88. The number of nitrogens with one attached hydrogen (secondary N) is 2. The van der Waals surface area contributed by atoms with Gasteiger partial charge in [-0.1, -0.05) is 12.8 Å². The molecule has 2 N–H and O–H groups in total. The summed E-state index contributed by atoms with van der Waals surface area (Å²) in [5.74, 6) is 1.90. The van der Waals surface area contributed by atoms with Crippen LogP contribution in [0.2, 0.25) is 0 Å². The van der Waals surface area contributed by atoms with Crippen LogP contribution in [0, 0.1) is 5.92 Å². The number of hydrogen-bond acceptors (Lipinski definition) is 1. The van der Waals surface area contributed by atoms with Gasteiger partial charge in [-0.25, -0.2) is 4.99 Å². The molecule has 0 saturated heterocycles. The van der Waals surface area contributed by atoms with Gasteiger partial charge in [0.05, 0.1) is 6.54 Å². The average molecular weight is 248 g/mol. The minimum absolute atomic E-state index is 0.736. The molecule has 0 amide bonds. The summed E-state index contributed by atoms with van der Waals surface area (Å²) in [5, 5.41) is 6.69. The van der Waals surface area contributed by atoms with E-state index < -0.39 is 0 Å². The lowest BCUT2D eigenvalue weighted by Crippen LogP contribution is -2.37. The first kappa shape index (κ1) is 13.0. The lowest BCUT2D eigenvalue weighted by Gasteiger charge is -2.10. The summed E-state index contributed by atoms with van der Waals surface area (Å²) in [6, 6.07) is 2.11. The first-order valence-electron chi connectivity index (χ1n) is 6.91. The van der Waals surface area contributed by atoms with Gasteiger partial charge in [-0.2, -0.15) is 0 Å². The number of rotatable bonds is 6. The quantitative estimate of drug-likeness (QED) is 0.596. The summed E-state index contributed by atoms with van der Waals surface area (Å²) in [6.45, 7) is 4.77. The Bertz CT molecular complexity index is 390. The third-order valence-electron chi connectivity index (χ3n) is 3.20. The normalized spacial score (nSPS) is 15.8. The number of aromatic nitrogens is 1. The molecule has 1 aromatic rings.